The van der Waals surface area contributed by atoms with Crippen LogP contribution in [0.1, 0.15) is 35.2 Å². The number of nitrogens with zero attached hydrogens (tertiary/aromatic N) is 4. The number of aliphatic hydroxyl groups is 1. The fourth-order valence-corrected chi connectivity index (χ4v) is 3.73. The summed E-state index contributed by atoms with van der Waals surface area (Å²) in [7, 11) is 0. The van der Waals surface area contributed by atoms with Crippen LogP contribution in [-0.4, -0.2) is 48.0 Å². The molecule has 3 aromatic rings. The smallest absolute Gasteiger partial charge is 0.295 e. The lowest BCUT2D eigenvalue weighted by atomic mass is 9.98. The van der Waals surface area contributed by atoms with Gasteiger partial charge in [0.1, 0.15) is 17.6 Å². The van der Waals surface area contributed by atoms with Crippen molar-refractivity contribution in [2.75, 3.05) is 6.54 Å². The highest BCUT2D eigenvalue weighted by molar-refractivity contribution is 6.46. The molecule has 1 fully saturated rings. The van der Waals surface area contributed by atoms with Crippen LogP contribution in [0, 0.1) is 13.8 Å². The summed E-state index contributed by atoms with van der Waals surface area (Å²) in [6.45, 7) is 4.45. The van der Waals surface area contributed by atoms with Crippen LogP contribution in [0.5, 0.6) is 0 Å². The van der Waals surface area contributed by atoms with Crippen molar-refractivity contribution in [1.29, 1.82) is 0 Å². The van der Waals surface area contributed by atoms with Gasteiger partial charge >= 0.3 is 0 Å². The van der Waals surface area contributed by atoms with Gasteiger partial charge in [0.2, 0.25) is 0 Å². The molecular formula is C20H21N5O4. The average Bonchev–Trinajstić information content (AvgIpc) is 3.47. The van der Waals surface area contributed by atoms with Crippen molar-refractivity contribution in [3.8, 4) is 0 Å². The fourth-order valence-electron chi connectivity index (χ4n) is 3.73. The number of hydrogen-bond donors (Lipinski definition) is 2. The molecule has 4 rings (SSSR count). The topological polar surface area (TPSA) is 117 Å². The minimum atomic E-state index is -0.790. The Morgan fingerprint density at radius 1 is 1.31 bits per heavy atom. The minimum Gasteiger partial charge on any atom is -0.507 e. The van der Waals surface area contributed by atoms with Crippen molar-refractivity contribution in [2.45, 2.75) is 32.9 Å². The quantitative estimate of drug-likeness (QED) is 0.376. The molecule has 0 saturated carbocycles. The lowest BCUT2D eigenvalue weighted by molar-refractivity contribution is -0.140. The van der Waals surface area contributed by atoms with E-state index in [0.717, 1.165) is 0 Å². The predicted molar refractivity (Wildman–Crippen MR) is 103 cm³/mol. The van der Waals surface area contributed by atoms with Crippen molar-refractivity contribution in [1.82, 2.24) is 24.6 Å². The van der Waals surface area contributed by atoms with Crippen molar-refractivity contribution in [3.05, 3.63) is 65.4 Å². The van der Waals surface area contributed by atoms with E-state index in [1.807, 2.05) is 10.8 Å². The Labute approximate surface area is 166 Å². The normalized spacial score (nSPS) is 18.7. The van der Waals surface area contributed by atoms with E-state index >= 15 is 0 Å². The number of aromatic nitrogens is 4. The summed E-state index contributed by atoms with van der Waals surface area (Å²) in [5.41, 5.74) is 1.60. The molecular weight excluding hydrogens is 374 g/mol. The van der Waals surface area contributed by atoms with E-state index < -0.39 is 17.7 Å². The first-order valence-electron chi connectivity index (χ1n) is 9.28. The van der Waals surface area contributed by atoms with Gasteiger partial charge < -0.3 is 19.0 Å². The van der Waals surface area contributed by atoms with E-state index in [1.165, 1.54) is 11.2 Å². The third-order valence-electron chi connectivity index (χ3n) is 5.09. The number of rotatable bonds is 6. The molecule has 1 saturated heterocycles. The summed E-state index contributed by atoms with van der Waals surface area (Å²) < 4.78 is 7.42. The maximum Gasteiger partial charge on any atom is 0.295 e. The second-order valence-electron chi connectivity index (χ2n) is 6.97. The molecule has 1 aliphatic heterocycles. The molecule has 0 spiro atoms. The number of Topliss-reactive ketones (excluding diaryl/α,β-unsaturated/α-hetero) is 1. The van der Waals surface area contributed by atoms with Gasteiger partial charge in [-0.1, -0.05) is 0 Å². The standard InChI is InChI=1S/C20H21N5O4/c1-12-15(13(2)23-22-12)18(26)16-17(14-5-3-10-29-14)25(20(28)19(16)27)8-4-7-24-9-6-21-11-24/h3,5-6,9-11,17,26H,4,7-8H2,1-2H3,(H,22,23)/b18-16+/t17-/m0/s1. The Bertz CT molecular complexity index is 1040. The number of aryl methyl sites for hydroxylation is 3. The Kier molecular flexibility index (Phi) is 4.79. The Hall–Kier alpha value is -3.62. The second-order valence-corrected chi connectivity index (χ2v) is 6.97. The summed E-state index contributed by atoms with van der Waals surface area (Å²) in [5.74, 6) is -1.21. The van der Waals surface area contributed by atoms with Gasteiger partial charge in [0.25, 0.3) is 11.7 Å². The lowest BCUT2D eigenvalue weighted by Crippen LogP contribution is -2.31. The van der Waals surface area contributed by atoms with Crippen molar-refractivity contribution in [3.63, 3.8) is 0 Å². The molecule has 0 aliphatic carbocycles. The zero-order valence-electron chi connectivity index (χ0n) is 16.1. The third-order valence-corrected chi connectivity index (χ3v) is 5.09. The Balaban J connectivity index is 1.72. The molecule has 2 N–H and O–H groups in total. The van der Waals surface area contributed by atoms with Gasteiger partial charge in [-0.2, -0.15) is 5.10 Å². The number of carbonyl (C=O) groups excluding carboxylic acids is 2. The first-order chi connectivity index (χ1) is 14.0. The third kappa shape index (κ3) is 3.24. The van der Waals surface area contributed by atoms with Crippen molar-refractivity contribution in [2.24, 2.45) is 0 Å². The Morgan fingerprint density at radius 3 is 2.76 bits per heavy atom. The number of aromatic amines is 1. The van der Waals surface area contributed by atoms with Gasteiger partial charge in [-0.05, 0) is 32.4 Å². The van der Waals surface area contributed by atoms with Crippen LogP contribution in [0.25, 0.3) is 5.76 Å². The number of imidazole rings is 1. The van der Waals surface area contributed by atoms with Crippen LogP contribution in [0.4, 0.5) is 0 Å². The first kappa shape index (κ1) is 18.7. The summed E-state index contributed by atoms with van der Waals surface area (Å²) >= 11 is 0. The van der Waals surface area contributed by atoms with E-state index in [4.69, 9.17) is 4.42 Å². The van der Waals surface area contributed by atoms with Gasteiger partial charge in [-0.3, -0.25) is 14.7 Å². The van der Waals surface area contributed by atoms with Crippen LogP contribution in [0.15, 0.2) is 47.1 Å². The molecule has 0 bridgehead atoms. The Morgan fingerprint density at radius 2 is 2.14 bits per heavy atom. The van der Waals surface area contributed by atoms with E-state index in [1.54, 1.807) is 38.5 Å². The number of likely N-dealkylation sites (tertiary alicyclic amines) is 1. The van der Waals surface area contributed by atoms with Crippen LogP contribution < -0.4 is 0 Å². The van der Waals surface area contributed by atoms with E-state index in [9.17, 15) is 14.7 Å². The number of aliphatic hydroxyl groups excluding tert-OH is 1. The summed E-state index contributed by atoms with van der Waals surface area (Å²) in [6, 6.07) is 2.60. The zero-order valence-corrected chi connectivity index (χ0v) is 16.1. The van der Waals surface area contributed by atoms with E-state index in [2.05, 4.69) is 15.2 Å². The molecule has 1 atom stereocenters. The minimum absolute atomic E-state index is 0.0141. The molecule has 150 valence electrons. The number of hydrogen-bond acceptors (Lipinski definition) is 6. The fraction of sp³-hybridized carbons (Fsp3) is 0.300. The molecule has 9 heteroatoms. The molecule has 3 aromatic heterocycles. The predicted octanol–water partition coefficient (Wildman–Crippen LogP) is 2.33. The van der Waals surface area contributed by atoms with Gasteiger partial charge in [0.05, 0.1) is 29.4 Å². The summed E-state index contributed by atoms with van der Waals surface area (Å²) in [4.78, 5) is 31.1. The van der Waals surface area contributed by atoms with Gasteiger partial charge in [-0.25, -0.2) is 4.98 Å². The number of H-pyrrole nitrogens is 1. The maximum atomic E-state index is 12.9. The van der Waals surface area contributed by atoms with E-state index in [-0.39, 0.29) is 11.3 Å². The highest BCUT2D eigenvalue weighted by Gasteiger charge is 2.47. The van der Waals surface area contributed by atoms with Crippen LogP contribution in [0.3, 0.4) is 0 Å². The van der Waals surface area contributed by atoms with E-state index in [0.29, 0.717) is 42.2 Å². The average molecular weight is 395 g/mol. The molecule has 9 nitrogen and oxygen atoms in total. The highest BCUT2D eigenvalue weighted by Crippen LogP contribution is 2.40. The van der Waals surface area contributed by atoms with Crippen LogP contribution in [0.2, 0.25) is 0 Å². The van der Waals surface area contributed by atoms with Crippen molar-refractivity contribution < 1.29 is 19.1 Å². The van der Waals surface area contributed by atoms with Crippen molar-refractivity contribution >= 4 is 17.4 Å². The monoisotopic (exact) mass is 395 g/mol. The second kappa shape index (κ2) is 7.42. The zero-order chi connectivity index (χ0) is 20.5. The van der Waals surface area contributed by atoms with Crippen LogP contribution in [-0.2, 0) is 16.1 Å². The van der Waals surface area contributed by atoms with Gasteiger partial charge in [-0.15, -0.1) is 0 Å². The molecule has 4 heterocycles. The SMILES string of the molecule is Cc1n[nH]c(C)c1/C(O)=C1\C(=O)C(=O)N(CCCn2ccnc2)[C@H]1c1ccco1. The summed E-state index contributed by atoms with van der Waals surface area (Å²) in [5, 5.41) is 17.9. The molecule has 0 unspecified atom stereocenters. The maximum absolute atomic E-state index is 12.9. The number of amides is 1. The first-order valence-corrected chi connectivity index (χ1v) is 9.28. The number of nitrogens with one attached hydrogen (secondary N) is 1. The molecule has 0 aromatic carbocycles. The number of ketones is 1. The van der Waals surface area contributed by atoms with Gasteiger partial charge in [0, 0.05) is 31.2 Å². The van der Waals surface area contributed by atoms with Gasteiger partial charge in [0.15, 0.2) is 0 Å². The molecule has 0 radical (unpaired) electrons. The molecule has 1 aliphatic rings. The number of carbonyl (C=O) groups is 2. The highest BCUT2D eigenvalue weighted by atomic mass is 16.3. The number of furan rings is 1. The molecule has 29 heavy (non-hydrogen) atoms. The van der Waals surface area contributed by atoms with Crippen LogP contribution >= 0.6 is 0 Å². The largest absolute Gasteiger partial charge is 0.507 e. The molecule has 1 amide bonds. The summed E-state index contributed by atoms with van der Waals surface area (Å²) in [6.07, 6.45) is 7.31. The lowest BCUT2D eigenvalue weighted by Gasteiger charge is -2.23.